The van der Waals surface area contributed by atoms with Crippen LogP contribution in [0, 0.1) is 0 Å². The van der Waals surface area contributed by atoms with E-state index < -0.39 is 6.03 Å². The molecule has 0 unspecified atom stereocenters. The molecule has 3 rings (SSSR count). The van der Waals surface area contributed by atoms with E-state index in [4.69, 9.17) is 16.3 Å². The number of aromatic nitrogens is 1. The van der Waals surface area contributed by atoms with Crippen molar-refractivity contribution in [1.82, 2.24) is 4.98 Å². The zero-order valence-electron chi connectivity index (χ0n) is 15.1. The molecule has 0 spiro atoms. The van der Waals surface area contributed by atoms with E-state index in [0.29, 0.717) is 33.0 Å². The minimum atomic E-state index is -0.412. The average molecular weight is 416 g/mol. The lowest BCUT2D eigenvalue weighted by Gasteiger charge is -2.04. The van der Waals surface area contributed by atoms with E-state index in [2.05, 4.69) is 15.6 Å². The summed E-state index contributed by atoms with van der Waals surface area (Å²) in [6.45, 7) is 2.06. The number of urea groups is 1. The monoisotopic (exact) mass is 415 g/mol. The molecular formula is C20H18ClN3O3S. The second-order valence-corrected chi connectivity index (χ2v) is 7.24. The lowest BCUT2D eigenvalue weighted by atomic mass is 10.1. The first-order chi connectivity index (χ1) is 13.5. The molecule has 2 amide bonds. The highest BCUT2D eigenvalue weighted by Crippen LogP contribution is 2.32. The van der Waals surface area contributed by atoms with Crippen molar-refractivity contribution in [3.63, 3.8) is 0 Å². The van der Waals surface area contributed by atoms with Crippen LogP contribution in [0.15, 0.2) is 54.6 Å². The van der Waals surface area contributed by atoms with Crippen molar-refractivity contribution in [2.24, 2.45) is 0 Å². The second-order valence-electron chi connectivity index (χ2n) is 5.72. The number of nitrogens with zero attached hydrogens (tertiary/aromatic N) is 1. The molecule has 6 nitrogen and oxygen atoms in total. The van der Waals surface area contributed by atoms with Gasteiger partial charge in [0.25, 0.3) is 0 Å². The van der Waals surface area contributed by atoms with Crippen LogP contribution >= 0.6 is 22.9 Å². The Balaban J connectivity index is 1.82. The van der Waals surface area contributed by atoms with E-state index in [0.717, 1.165) is 5.56 Å². The molecule has 0 aliphatic heterocycles. The number of esters is 1. The quantitative estimate of drug-likeness (QED) is 0.541. The first-order valence-electron chi connectivity index (χ1n) is 8.59. The third kappa shape index (κ3) is 5.31. The number of carbonyl (C=O) groups excluding carboxylic acids is 2. The number of benzene rings is 2. The predicted octanol–water partition coefficient (Wildman–Crippen LogP) is 5.21. The fraction of sp³-hybridized carbons (Fsp3) is 0.150. The minimum absolute atomic E-state index is 0.0749. The first-order valence-corrected chi connectivity index (χ1v) is 9.79. The molecule has 144 valence electrons. The van der Waals surface area contributed by atoms with Crippen LogP contribution in [0.1, 0.15) is 11.8 Å². The summed E-state index contributed by atoms with van der Waals surface area (Å²) in [5.41, 5.74) is 2.09. The molecule has 0 saturated carbocycles. The minimum Gasteiger partial charge on any atom is -0.466 e. The highest BCUT2D eigenvalue weighted by molar-refractivity contribution is 7.16. The maximum atomic E-state index is 12.2. The molecule has 1 aromatic heterocycles. The Labute approximate surface area is 171 Å². The van der Waals surface area contributed by atoms with E-state index in [1.54, 1.807) is 31.2 Å². The van der Waals surface area contributed by atoms with E-state index in [9.17, 15) is 9.59 Å². The molecule has 0 atom stereocenters. The van der Waals surface area contributed by atoms with Gasteiger partial charge in [0.1, 0.15) is 0 Å². The molecule has 2 aromatic carbocycles. The summed E-state index contributed by atoms with van der Waals surface area (Å²) in [7, 11) is 0. The number of thiazole rings is 1. The van der Waals surface area contributed by atoms with Crippen LogP contribution in [-0.4, -0.2) is 23.6 Å². The summed E-state index contributed by atoms with van der Waals surface area (Å²) in [6.07, 6.45) is 0.0749. The van der Waals surface area contributed by atoms with Crippen molar-refractivity contribution in [3.8, 4) is 11.3 Å². The van der Waals surface area contributed by atoms with Crippen molar-refractivity contribution in [1.29, 1.82) is 0 Å². The molecule has 2 N–H and O–H groups in total. The number of halogens is 1. The van der Waals surface area contributed by atoms with Crippen LogP contribution in [0.2, 0.25) is 5.02 Å². The Morgan fingerprint density at radius 1 is 1.07 bits per heavy atom. The number of para-hydroxylation sites is 1. The van der Waals surface area contributed by atoms with Gasteiger partial charge >= 0.3 is 12.0 Å². The van der Waals surface area contributed by atoms with Gasteiger partial charge in [-0.05, 0) is 31.2 Å². The molecule has 0 aliphatic carbocycles. The summed E-state index contributed by atoms with van der Waals surface area (Å²) in [5.74, 6) is -0.346. The highest BCUT2D eigenvalue weighted by Gasteiger charge is 2.18. The van der Waals surface area contributed by atoms with Gasteiger partial charge in [-0.1, -0.05) is 41.9 Å². The lowest BCUT2D eigenvalue weighted by Crippen LogP contribution is -2.19. The van der Waals surface area contributed by atoms with Gasteiger partial charge in [-0.2, -0.15) is 0 Å². The maximum absolute atomic E-state index is 12.2. The van der Waals surface area contributed by atoms with E-state index in [1.165, 1.54) is 11.3 Å². The van der Waals surface area contributed by atoms with Gasteiger partial charge in [-0.25, -0.2) is 9.78 Å². The van der Waals surface area contributed by atoms with Crippen LogP contribution < -0.4 is 10.6 Å². The molecule has 0 bridgehead atoms. The fourth-order valence-electron chi connectivity index (χ4n) is 2.48. The number of nitrogens with one attached hydrogen (secondary N) is 2. The number of rotatable bonds is 6. The molecular weight excluding hydrogens is 398 g/mol. The van der Waals surface area contributed by atoms with E-state index in [-0.39, 0.29) is 12.4 Å². The Bertz CT molecular complexity index is 959. The summed E-state index contributed by atoms with van der Waals surface area (Å²) in [6, 6.07) is 15.8. The third-order valence-electron chi connectivity index (χ3n) is 3.68. The van der Waals surface area contributed by atoms with Crippen molar-refractivity contribution >= 4 is 45.8 Å². The molecule has 28 heavy (non-hydrogen) atoms. The summed E-state index contributed by atoms with van der Waals surface area (Å²) in [5, 5.41) is 6.44. The number of amides is 2. The lowest BCUT2D eigenvalue weighted by molar-refractivity contribution is -0.142. The number of carbonyl (C=O) groups is 2. The molecule has 0 radical (unpaired) electrons. The summed E-state index contributed by atoms with van der Waals surface area (Å²) < 4.78 is 5.04. The number of hydrogen-bond acceptors (Lipinski definition) is 5. The van der Waals surface area contributed by atoms with E-state index in [1.807, 2.05) is 30.3 Å². The van der Waals surface area contributed by atoms with Crippen LogP contribution in [-0.2, 0) is 16.0 Å². The highest BCUT2D eigenvalue weighted by atomic mass is 35.5. The SMILES string of the molecule is CCOC(=O)Cc1sc(NC(=O)Nc2ccccc2)nc1-c1ccc(Cl)cc1. The van der Waals surface area contributed by atoms with Crippen LogP contribution in [0.3, 0.4) is 0 Å². The molecule has 0 fully saturated rings. The number of hydrogen-bond donors (Lipinski definition) is 2. The largest absolute Gasteiger partial charge is 0.466 e. The van der Waals surface area contributed by atoms with Crippen molar-refractivity contribution < 1.29 is 14.3 Å². The van der Waals surface area contributed by atoms with Crippen molar-refractivity contribution in [3.05, 3.63) is 64.5 Å². The first kappa shape index (κ1) is 19.9. The van der Waals surface area contributed by atoms with Crippen molar-refractivity contribution in [2.75, 3.05) is 17.2 Å². The molecule has 0 saturated heterocycles. The second kappa shape index (κ2) is 9.34. The Hall–Kier alpha value is -2.90. The Kier molecular flexibility index (Phi) is 6.62. The van der Waals surface area contributed by atoms with Gasteiger partial charge in [0.05, 0.1) is 18.7 Å². The van der Waals surface area contributed by atoms with Crippen LogP contribution in [0.25, 0.3) is 11.3 Å². The summed E-state index contributed by atoms with van der Waals surface area (Å²) >= 11 is 7.19. The zero-order valence-corrected chi connectivity index (χ0v) is 16.6. The molecule has 3 aromatic rings. The molecule has 1 heterocycles. The molecule has 8 heteroatoms. The number of ether oxygens (including phenoxy) is 1. The smallest absolute Gasteiger partial charge is 0.325 e. The number of anilines is 2. The van der Waals surface area contributed by atoms with E-state index >= 15 is 0 Å². The topological polar surface area (TPSA) is 80.3 Å². The van der Waals surface area contributed by atoms with Gasteiger partial charge < -0.3 is 10.1 Å². The van der Waals surface area contributed by atoms with Gasteiger partial charge in [-0.15, -0.1) is 11.3 Å². The van der Waals surface area contributed by atoms with Gasteiger partial charge in [0.15, 0.2) is 5.13 Å². The maximum Gasteiger partial charge on any atom is 0.325 e. The summed E-state index contributed by atoms with van der Waals surface area (Å²) in [4.78, 5) is 29.4. The predicted molar refractivity (Wildman–Crippen MR) is 112 cm³/mol. The van der Waals surface area contributed by atoms with Crippen molar-refractivity contribution in [2.45, 2.75) is 13.3 Å². The normalized spacial score (nSPS) is 10.4. The van der Waals surface area contributed by atoms with Gasteiger partial charge in [-0.3, -0.25) is 10.1 Å². The zero-order chi connectivity index (χ0) is 19.9. The van der Waals surface area contributed by atoms with Crippen LogP contribution in [0.5, 0.6) is 0 Å². The standard InChI is InChI=1S/C20H18ClN3O3S/c1-2-27-17(25)12-16-18(13-8-10-14(21)11-9-13)23-20(28-16)24-19(26)22-15-6-4-3-5-7-15/h3-11H,2,12H2,1H3,(H2,22,23,24,26). The fourth-order valence-corrected chi connectivity index (χ4v) is 3.57. The Morgan fingerprint density at radius 2 is 1.79 bits per heavy atom. The molecule has 0 aliphatic rings. The van der Waals surface area contributed by atoms with Gasteiger partial charge in [0.2, 0.25) is 0 Å². The van der Waals surface area contributed by atoms with Gasteiger partial charge in [0, 0.05) is 21.2 Å². The average Bonchev–Trinajstić information content (AvgIpc) is 3.05. The van der Waals surface area contributed by atoms with Crippen LogP contribution in [0.4, 0.5) is 15.6 Å². The third-order valence-corrected chi connectivity index (χ3v) is 4.90. The Morgan fingerprint density at radius 3 is 2.46 bits per heavy atom.